The summed E-state index contributed by atoms with van der Waals surface area (Å²) >= 11 is 0. The smallest absolute Gasteiger partial charge is 0.232 e. The van der Waals surface area contributed by atoms with Crippen molar-refractivity contribution in [3.63, 3.8) is 0 Å². The van der Waals surface area contributed by atoms with E-state index < -0.39 is 0 Å². The summed E-state index contributed by atoms with van der Waals surface area (Å²) in [4.78, 5) is 26.8. The Hall–Kier alpha value is -4.03. The standard InChI is InChI=1S/C25H27N7O2/c1-17-22(29-18(2)33)4-3-5-23(17)30-24-27-16-28-25(31-24)32-12-10-21(11-13-32)34-15-20-8-6-19(14-26)7-9-20/h3-9,16,21H,10-13,15H2,1-2H3,(H,29,33)(H,27,28,30,31). The minimum atomic E-state index is -0.119. The van der Waals surface area contributed by atoms with Crippen LogP contribution in [0.15, 0.2) is 48.8 Å². The summed E-state index contributed by atoms with van der Waals surface area (Å²) in [5.74, 6) is 0.956. The summed E-state index contributed by atoms with van der Waals surface area (Å²) < 4.78 is 6.08. The van der Waals surface area contributed by atoms with Crippen LogP contribution in [0.3, 0.4) is 0 Å². The molecule has 9 heteroatoms. The van der Waals surface area contributed by atoms with Gasteiger partial charge in [-0.05, 0) is 55.2 Å². The number of hydrogen-bond donors (Lipinski definition) is 2. The molecule has 1 fully saturated rings. The van der Waals surface area contributed by atoms with Crippen molar-refractivity contribution in [1.82, 2.24) is 15.0 Å². The Bertz CT molecular complexity index is 1180. The van der Waals surface area contributed by atoms with E-state index >= 15 is 0 Å². The third kappa shape index (κ3) is 5.85. The maximum Gasteiger partial charge on any atom is 0.232 e. The largest absolute Gasteiger partial charge is 0.373 e. The first-order valence-electron chi connectivity index (χ1n) is 11.2. The van der Waals surface area contributed by atoms with E-state index in [2.05, 4.69) is 36.6 Å². The molecule has 4 rings (SSSR count). The lowest BCUT2D eigenvalue weighted by molar-refractivity contribution is -0.114. The Balaban J connectivity index is 1.33. The lowest BCUT2D eigenvalue weighted by Crippen LogP contribution is -2.38. The van der Waals surface area contributed by atoms with E-state index in [9.17, 15) is 4.79 Å². The van der Waals surface area contributed by atoms with Crippen molar-refractivity contribution in [3.8, 4) is 6.07 Å². The van der Waals surface area contributed by atoms with Gasteiger partial charge in [0.15, 0.2) is 0 Å². The molecule has 34 heavy (non-hydrogen) atoms. The maximum absolute atomic E-state index is 11.4. The van der Waals surface area contributed by atoms with Crippen molar-refractivity contribution in [1.29, 1.82) is 5.26 Å². The molecule has 2 heterocycles. The zero-order chi connectivity index (χ0) is 23.9. The van der Waals surface area contributed by atoms with Crippen LogP contribution in [-0.2, 0) is 16.1 Å². The topological polar surface area (TPSA) is 116 Å². The Morgan fingerprint density at radius 3 is 2.59 bits per heavy atom. The Labute approximate surface area is 198 Å². The van der Waals surface area contributed by atoms with E-state index in [1.54, 1.807) is 0 Å². The number of carbonyl (C=O) groups is 1. The summed E-state index contributed by atoms with van der Waals surface area (Å²) in [5.41, 5.74) is 4.18. The van der Waals surface area contributed by atoms with Crippen LogP contribution in [0.25, 0.3) is 0 Å². The number of nitrogens with one attached hydrogen (secondary N) is 2. The third-order valence-corrected chi connectivity index (χ3v) is 5.74. The Morgan fingerprint density at radius 1 is 1.15 bits per heavy atom. The van der Waals surface area contributed by atoms with Gasteiger partial charge < -0.3 is 20.3 Å². The van der Waals surface area contributed by atoms with E-state index in [1.807, 2.05) is 49.4 Å². The number of aromatic nitrogens is 3. The first-order chi connectivity index (χ1) is 16.5. The van der Waals surface area contributed by atoms with Gasteiger partial charge in [-0.1, -0.05) is 18.2 Å². The first kappa shape index (κ1) is 23.1. The number of benzene rings is 2. The Kier molecular flexibility index (Phi) is 7.30. The lowest BCUT2D eigenvalue weighted by Gasteiger charge is -2.32. The fraction of sp³-hybridized carbons (Fsp3) is 0.320. The first-order valence-corrected chi connectivity index (χ1v) is 11.2. The van der Waals surface area contributed by atoms with Crippen molar-refractivity contribution in [2.24, 2.45) is 0 Å². The number of carbonyl (C=O) groups excluding carboxylic acids is 1. The second-order valence-corrected chi connectivity index (χ2v) is 8.20. The highest BCUT2D eigenvalue weighted by Crippen LogP contribution is 2.26. The lowest BCUT2D eigenvalue weighted by atomic mass is 10.1. The highest BCUT2D eigenvalue weighted by atomic mass is 16.5. The average molecular weight is 458 g/mol. The second kappa shape index (κ2) is 10.7. The van der Waals surface area contributed by atoms with E-state index in [-0.39, 0.29) is 12.0 Å². The van der Waals surface area contributed by atoms with Gasteiger partial charge in [0.2, 0.25) is 17.8 Å². The molecule has 0 spiro atoms. The number of ether oxygens (including phenoxy) is 1. The van der Waals surface area contributed by atoms with Gasteiger partial charge in [0, 0.05) is 31.4 Å². The molecule has 174 valence electrons. The van der Waals surface area contributed by atoms with Crippen molar-refractivity contribution >= 4 is 29.2 Å². The van der Waals surface area contributed by atoms with Crippen LogP contribution >= 0.6 is 0 Å². The zero-order valence-corrected chi connectivity index (χ0v) is 19.3. The fourth-order valence-electron chi connectivity index (χ4n) is 3.83. The fourth-order valence-corrected chi connectivity index (χ4v) is 3.83. The van der Waals surface area contributed by atoms with Crippen LogP contribution in [0, 0.1) is 18.3 Å². The minimum absolute atomic E-state index is 0.119. The molecular weight excluding hydrogens is 430 g/mol. The highest BCUT2D eigenvalue weighted by Gasteiger charge is 2.22. The van der Waals surface area contributed by atoms with Gasteiger partial charge in [0.1, 0.15) is 6.33 Å². The SMILES string of the molecule is CC(=O)Nc1cccc(Nc2ncnc(N3CCC(OCc4ccc(C#N)cc4)CC3)n2)c1C. The predicted octanol–water partition coefficient (Wildman–Crippen LogP) is 3.94. The molecule has 0 radical (unpaired) electrons. The van der Waals surface area contributed by atoms with Crippen LogP contribution in [0.4, 0.5) is 23.3 Å². The van der Waals surface area contributed by atoms with Crippen LogP contribution in [0.5, 0.6) is 0 Å². The van der Waals surface area contributed by atoms with Gasteiger partial charge in [-0.2, -0.15) is 10.2 Å². The van der Waals surface area contributed by atoms with Crippen LogP contribution in [0.2, 0.25) is 0 Å². The van der Waals surface area contributed by atoms with Gasteiger partial charge in [0.05, 0.1) is 24.3 Å². The van der Waals surface area contributed by atoms with Crippen molar-refractivity contribution < 1.29 is 9.53 Å². The van der Waals surface area contributed by atoms with Crippen molar-refractivity contribution in [2.75, 3.05) is 28.6 Å². The van der Waals surface area contributed by atoms with E-state index in [4.69, 9.17) is 10.00 Å². The van der Waals surface area contributed by atoms with Crippen LogP contribution < -0.4 is 15.5 Å². The number of amides is 1. The van der Waals surface area contributed by atoms with Crippen molar-refractivity contribution in [3.05, 3.63) is 65.5 Å². The normalized spacial score (nSPS) is 13.9. The molecule has 0 saturated carbocycles. The molecule has 1 saturated heterocycles. The molecule has 1 aromatic heterocycles. The minimum Gasteiger partial charge on any atom is -0.373 e. The molecule has 0 unspecified atom stereocenters. The third-order valence-electron chi connectivity index (χ3n) is 5.74. The molecule has 9 nitrogen and oxygen atoms in total. The van der Waals surface area contributed by atoms with Gasteiger partial charge in [-0.3, -0.25) is 4.79 Å². The zero-order valence-electron chi connectivity index (χ0n) is 19.3. The number of nitrogens with zero attached hydrogens (tertiary/aromatic N) is 5. The van der Waals surface area contributed by atoms with Crippen LogP contribution in [-0.4, -0.2) is 40.1 Å². The molecule has 1 amide bonds. The molecule has 1 aliphatic rings. The molecule has 0 bridgehead atoms. The van der Waals surface area contributed by atoms with Gasteiger partial charge in [-0.25, -0.2) is 9.97 Å². The molecule has 0 aliphatic carbocycles. The molecule has 1 aliphatic heterocycles. The molecule has 2 aromatic carbocycles. The molecular formula is C25H27N7O2. The van der Waals surface area contributed by atoms with E-state index in [0.29, 0.717) is 24.1 Å². The van der Waals surface area contributed by atoms with E-state index in [1.165, 1.54) is 13.3 Å². The second-order valence-electron chi connectivity index (χ2n) is 8.20. The number of hydrogen-bond acceptors (Lipinski definition) is 8. The predicted molar refractivity (Wildman–Crippen MR) is 130 cm³/mol. The monoisotopic (exact) mass is 457 g/mol. The Morgan fingerprint density at radius 2 is 1.88 bits per heavy atom. The highest BCUT2D eigenvalue weighted by molar-refractivity contribution is 5.90. The van der Waals surface area contributed by atoms with Crippen molar-refractivity contribution in [2.45, 2.75) is 39.4 Å². The maximum atomic E-state index is 11.4. The quantitative estimate of drug-likeness (QED) is 0.548. The number of nitriles is 1. The molecule has 3 aromatic rings. The summed E-state index contributed by atoms with van der Waals surface area (Å²) in [7, 11) is 0. The summed E-state index contributed by atoms with van der Waals surface area (Å²) in [6, 6.07) is 15.3. The van der Waals surface area contributed by atoms with Gasteiger partial charge in [-0.15, -0.1) is 0 Å². The molecule has 2 N–H and O–H groups in total. The summed E-state index contributed by atoms with van der Waals surface area (Å²) in [5, 5.41) is 15.0. The van der Waals surface area contributed by atoms with Gasteiger partial charge >= 0.3 is 0 Å². The average Bonchev–Trinajstić information content (AvgIpc) is 2.86. The molecule has 0 atom stereocenters. The number of rotatable bonds is 7. The summed E-state index contributed by atoms with van der Waals surface area (Å²) in [6.45, 7) is 5.53. The summed E-state index contributed by atoms with van der Waals surface area (Å²) in [6.07, 6.45) is 3.43. The number of anilines is 4. The van der Waals surface area contributed by atoms with Crippen LogP contribution in [0.1, 0.15) is 36.5 Å². The van der Waals surface area contributed by atoms with E-state index in [0.717, 1.165) is 48.4 Å². The van der Waals surface area contributed by atoms with Gasteiger partial charge in [0.25, 0.3) is 0 Å². The number of piperidine rings is 1.